The lowest BCUT2D eigenvalue weighted by Crippen LogP contribution is -2.57. The van der Waals surface area contributed by atoms with Gasteiger partial charge in [0.1, 0.15) is 0 Å². The van der Waals surface area contributed by atoms with Gasteiger partial charge in [-0.3, -0.25) is 4.79 Å². The zero-order valence-corrected chi connectivity index (χ0v) is 21.8. The molecule has 0 saturated heterocycles. The minimum atomic E-state index is -0.946. The van der Waals surface area contributed by atoms with Crippen molar-refractivity contribution < 1.29 is 9.90 Å². The molecule has 2 heterocycles. The van der Waals surface area contributed by atoms with E-state index in [1.165, 1.54) is 5.56 Å². The van der Waals surface area contributed by atoms with Crippen LogP contribution in [0.15, 0.2) is 77.2 Å². The Hall–Kier alpha value is -2.96. The fourth-order valence-corrected chi connectivity index (χ4v) is 5.57. The number of hydrogen-bond donors (Lipinski definition) is 2. The number of thiophene rings is 1. The molecule has 4 rings (SSSR count). The van der Waals surface area contributed by atoms with E-state index in [-0.39, 0.29) is 23.8 Å². The Labute approximate surface area is 212 Å². The highest BCUT2D eigenvalue weighted by molar-refractivity contribution is 7.10. The summed E-state index contributed by atoms with van der Waals surface area (Å²) in [5, 5.41) is 21.8. The molecule has 6 heteroatoms. The van der Waals surface area contributed by atoms with Gasteiger partial charge in [0, 0.05) is 18.0 Å². The standard InChI is InChI=1S/C29H35N3O2S/c1-21-13-15-22(16-14-21)26-25(24-12-8-19-35-24)29(4,32(31-26)23-10-6-5-7-11-23)27(34)30-18-9-17-28(2,3)20-33/h5-8,10-16,19,25,33H,9,17-18,20H2,1-4H3,(H,30,34). The predicted molar refractivity (Wildman–Crippen MR) is 145 cm³/mol. The largest absolute Gasteiger partial charge is 0.396 e. The molecular formula is C29H35N3O2S. The summed E-state index contributed by atoms with van der Waals surface area (Å²) in [6.07, 6.45) is 1.64. The lowest BCUT2D eigenvalue weighted by atomic mass is 9.78. The molecule has 3 aromatic rings. The van der Waals surface area contributed by atoms with Crippen LogP contribution in [-0.2, 0) is 4.79 Å². The van der Waals surface area contributed by atoms with Crippen molar-refractivity contribution in [3.8, 4) is 0 Å². The van der Waals surface area contributed by atoms with E-state index in [1.807, 2.05) is 62.2 Å². The summed E-state index contributed by atoms with van der Waals surface area (Å²) < 4.78 is 0. The Kier molecular flexibility index (Phi) is 7.43. The van der Waals surface area contributed by atoms with Crippen molar-refractivity contribution in [2.75, 3.05) is 18.2 Å². The molecule has 0 saturated carbocycles. The number of para-hydroxylation sites is 1. The predicted octanol–water partition coefficient (Wildman–Crippen LogP) is 5.74. The van der Waals surface area contributed by atoms with Crippen molar-refractivity contribution in [2.45, 2.75) is 52.0 Å². The summed E-state index contributed by atoms with van der Waals surface area (Å²) in [6.45, 7) is 8.84. The number of hydrazone groups is 1. The van der Waals surface area contributed by atoms with Crippen LogP contribution in [-0.4, -0.2) is 35.4 Å². The van der Waals surface area contributed by atoms with Crippen LogP contribution in [0, 0.1) is 12.3 Å². The van der Waals surface area contributed by atoms with Crippen molar-refractivity contribution in [1.29, 1.82) is 0 Å². The molecule has 2 atom stereocenters. The normalized spacial score (nSPS) is 20.1. The fraction of sp³-hybridized carbons (Fsp3) is 0.379. The minimum absolute atomic E-state index is 0.0487. The van der Waals surface area contributed by atoms with Crippen LogP contribution in [0.2, 0.25) is 0 Å². The highest BCUT2D eigenvalue weighted by Gasteiger charge is 2.55. The summed E-state index contributed by atoms with van der Waals surface area (Å²) in [7, 11) is 0. The molecule has 1 amide bonds. The first-order valence-corrected chi connectivity index (χ1v) is 13.1. The third kappa shape index (κ3) is 5.19. The van der Waals surface area contributed by atoms with Gasteiger partial charge in [0.25, 0.3) is 0 Å². The average Bonchev–Trinajstić information content (AvgIpc) is 3.49. The Bertz CT molecular complexity index is 1160. The summed E-state index contributed by atoms with van der Waals surface area (Å²) in [5.74, 6) is -0.272. The van der Waals surface area contributed by atoms with Gasteiger partial charge in [-0.1, -0.05) is 67.9 Å². The number of anilines is 1. The summed E-state index contributed by atoms with van der Waals surface area (Å²) in [5.41, 5.74) is 2.89. The molecule has 0 bridgehead atoms. The van der Waals surface area contributed by atoms with E-state index < -0.39 is 5.54 Å². The Balaban J connectivity index is 1.72. The second kappa shape index (κ2) is 10.3. The van der Waals surface area contributed by atoms with Crippen LogP contribution >= 0.6 is 11.3 Å². The molecule has 2 aromatic carbocycles. The number of carbonyl (C=O) groups is 1. The number of benzene rings is 2. The molecule has 184 valence electrons. The van der Waals surface area contributed by atoms with Gasteiger partial charge in [-0.15, -0.1) is 11.3 Å². The van der Waals surface area contributed by atoms with Crippen LogP contribution in [0.1, 0.15) is 55.5 Å². The number of aryl methyl sites for hydroxylation is 1. The van der Waals surface area contributed by atoms with E-state index in [4.69, 9.17) is 5.10 Å². The molecule has 35 heavy (non-hydrogen) atoms. The van der Waals surface area contributed by atoms with Crippen LogP contribution < -0.4 is 10.3 Å². The lowest BCUT2D eigenvalue weighted by molar-refractivity contribution is -0.126. The third-order valence-corrected chi connectivity index (χ3v) is 7.80. The molecule has 0 aliphatic carbocycles. The topological polar surface area (TPSA) is 64.9 Å². The van der Waals surface area contributed by atoms with Crippen molar-refractivity contribution >= 4 is 28.6 Å². The first kappa shape index (κ1) is 25.1. The summed E-state index contributed by atoms with van der Waals surface area (Å²) >= 11 is 1.66. The molecule has 0 spiro atoms. The second-order valence-electron chi connectivity index (χ2n) is 10.3. The SMILES string of the molecule is Cc1ccc(C2=NN(c3ccccc3)C(C)(C(=O)NCCCC(C)(C)CO)C2c2cccs2)cc1. The van der Waals surface area contributed by atoms with Crippen LogP contribution in [0.25, 0.3) is 0 Å². The number of carbonyl (C=O) groups excluding carboxylic acids is 1. The third-order valence-electron chi connectivity index (χ3n) is 6.86. The number of hydrogen-bond acceptors (Lipinski definition) is 5. The number of nitrogens with zero attached hydrogens (tertiary/aromatic N) is 2. The maximum atomic E-state index is 14.0. The number of aliphatic hydroxyl groups excluding tert-OH is 1. The van der Waals surface area contributed by atoms with E-state index in [9.17, 15) is 9.90 Å². The van der Waals surface area contributed by atoms with Gasteiger partial charge in [-0.25, -0.2) is 5.01 Å². The van der Waals surface area contributed by atoms with E-state index in [1.54, 1.807) is 11.3 Å². The highest BCUT2D eigenvalue weighted by atomic mass is 32.1. The smallest absolute Gasteiger partial charge is 0.248 e. The van der Waals surface area contributed by atoms with Crippen LogP contribution in [0.3, 0.4) is 0 Å². The van der Waals surface area contributed by atoms with Crippen molar-refractivity contribution in [1.82, 2.24) is 5.32 Å². The molecule has 2 unspecified atom stereocenters. The van der Waals surface area contributed by atoms with Gasteiger partial charge in [-0.05, 0) is 61.2 Å². The van der Waals surface area contributed by atoms with E-state index in [0.29, 0.717) is 6.54 Å². The minimum Gasteiger partial charge on any atom is -0.396 e. The van der Waals surface area contributed by atoms with Gasteiger partial charge < -0.3 is 10.4 Å². The maximum absolute atomic E-state index is 14.0. The lowest BCUT2D eigenvalue weighted by Gasteiger charge is -2.37. The average molecular weight is 490 g/mol. The van der Waals surface area contributed by atoms with E-state index in [0.717, 1.165) is 34.7 Å². The molecule has 2 N–H and O–H groups in total. The van der Waals surface area contributed by atoms with Gasteiger partial charge in [0.2, 0.25) is 5.91 Å². The van der Waals surface area contributed by atoms with E-state index in [2.05, 4.69) is 48.0 Å². The number of nitrogens with one attached hydrogen (secondary N) is 1. The first-order valence-electron chi connectivity index (χ1n) is 12.2. The van der Waals surface area contributed by atoms with Crippen LogP contribution in [0.5, 0.6) is 0 Å². The Morgan fingerprint density at radius 2 is 1.83 bits per heavy atom. The molecule has 1 aliphatic rings. The Morgan fingerprint density at radius 1 is 1.11 bits per heavy atom. The van der Waals surface area contributed by atoms with Gasteiger partial charge >= 0.3 is 0 Å². The zero-order valence-electron chi connectivity index (χ0n) is 21.0. The maximum Gasteiger partial charge on any atom is 0.248 e. The van der Waals surface area contributed by atoms with Crippen molar-refractivity contribution in [3.05, 3.63) is 88.1 Å². The monoisotopic (exact) mass is 489 g/mol. The molecule has 5 nitrogen and oxygen atoms in total. The molecule has 1 aromatic heterocycles. The Morgan fingerprint density at radius 3 is 2.46 bits per heavy atom. The fourth-order valence-electron chi connectivity index (χ4n) is 4.62. The highest BCUT2D eigenvalue weighted by Crippen LogP contribution is 2.46. The van der Waals surface area contributed by atoms with Crippen molar-refractivity contribution in [3.63, 3.8) is 0 Å². The number of amides is 1. The van der Waals surface area contributed by atoms with Crippen molar-refractivity contribution in [2.24, 2.45) is 10.5 Å². The second-order valence-corrected chi connectivity index (χ2v) is 11.3. The molecule has 0 radical (unpaired) electrons. The molecular weight excluding hydrogens is 454 g/mol. The summed E-state index contributed by atoms with van der Waals surface area (Å²) in [4.78, 5) is 15.1. The zero-order chi connectivity index (χ0) is 25.1. The molecule has 1 aliphatic heterocycles. The van der Waals surface area contributed by atoms with E-state index >= 15 is 0 Å². The number of aliphatic hydroxyl groups is 1. The van der Waals surface area contributed by atoms with Gasteiger partial charge in [-0.2, -0.15) is 5.10 Å². The summed E-state index contributed by atoms with van der Waals surface area (Å²) in [6, 6.07) is 22.4. The quantitative estimate of drug-likeness (QED) is 0.377. The molecule has 0 fully saturated rings. The van der Waals surface area contributed by atoms with Crippen LogP contribution in [0.4, 0.5) is 5.69 Å². The van der Waals surface area contributed by atoms with Gasteiger partial charge in [0.15, 0.2) is 5.54 Å². The number of rotatable bonds is 9. The first-order chi connectivity index (χ1) is 16.8. The van der Waals surface area contributed by atoms with Gasteiger partial charge in [0.05, 0.1) is 17.3 Å².